The van der Waals surface area contributed by atoms with Crippen molar-refractivity contribution in [3.63, 3.8) is 0 Å². The molecule has 2 rings (SSSR count). The van der Waals surface area contributed by atoms with Crippen LogP contribution in [0.1, 0.15) is 51.4 Å². The van der Waals surface area contributed by atoms with Gasteiger partial charge in [-0.2, -0.15) is 0 Å². The number of nitrogens with two attached hydrogens (primary N) is 1. The van der Waals surface area contributed by atoms with Crippen molar-refractivity contribution < 1.29 is 0 Å². The molecular formula is C16H29N5. The van der Waals surface area contributed by atoms with Crippen LogP contribution in [0, 0.1) is 6.92 Å². The number of nitrogens with zero attached hydrogens (tertiary/aromatic N) is 3. The molecule has 1 heterocycles. The highest BCUT2D eigenvalue weighted by molar-refractivity contribution is 5.55. The topological polar surface area (TPSA) is 67.1 Å². The van der Waals surface area contributed by atoms with Crippen molar-refractivity contribution in [2.75, 3.05) is 31.7 Å². The first-order valence-electron chi connectivity index (χ1n) is 7.72. The zero-order valence-corrected chi connectivity index (χ0v) is 14.2. The van der Waals surface area contributed by atoms with Crippen LogP contribution in [0.3, 0.4) is 0 Å². The average molecular weight is 291 g/mol. The number of anilines is 2. The van der Waals surface area contributed by atoms with Crippen molar-refractivity contribution in [2.45, 2.75) is 57.9 Å². The van der Waals surface area contributed by atoms with Gasteiger partial charge in [-0.25, -0.2) is 9.97 Å². The quantitative estimate of drug-likeness (QED) is 0.892. The third kappa shape index (κ3) is 3.12. The smallest absolute Gasteiger partial charge is 0.138 e. The van der Waals surface area contributed by atoms with Crippen LogP contribution in [0.15, 0.2) is 0 Å². The Bertz CT molecular complexity index is 512. The summed E-state index contributed by atoms with van der Waals surface area (Å²) in [6.45, 7) is 9.20. The molecule has 1 aliphatic rings. The molecule has 0 amide bonds. The molecule has 1 aliphatic carbocycles. The molecule has 0 bridgehead atoms. The zero-order valence-electron chi connectivity index (χ0n) is 14.2. The van der Waals surface area contributed by atoms with Crippen LogP contribution in [-0.2, 0) is 5.41 Å². The normalized spacial score (nSPS) is 17.7. The molecule has 0 aliphatic heterocycles. The summed E-state index contributed by atoms with van der Waals surface area (Å²) in [7, 11) is 4.31. The lowest BCUT2D eigenvalue weighted by Crippen LogP contribution is -2.54. The Hall–Kier alpha value is -1.36. The maximum absolute atomic E-state index is 6.06. The standard InChI is InChI=1S/C16H29N5/c1-11-12(17)19-14(15(2,3)4)20-13(11)18-10-16(21(5)6)8-7-9-16/h7-10H2,1-6H3,(H3,17,18,19,20). The van der Waals surface area contributed by atoms with E-state index < -0.39 is 0 Å². The van der Waals surface area contributed by atoms with Crippen molar-refractivity contribution in [1.29, 1.82) is 0 Å². The van der Waals surface area contributed by atoms with Crippen molar-refractivity contribution in [2.24, 2.45) is 0 Å². The number of nitrogens with one attached hydrogen (secondary N) is 1. The van der Waals surface area contributed by atoms with Gasteiger partial charge < -0.3 is 16.0 Å². The average Bonchev–Trinajstić information content (AvgIpc) is 2.30. The lowest BCUT2D eigenvalue weighted by Gasteiger charge is -2.47. The molecule has 0 spiro atoms. The fraction of sp³-hybridized carbons (Fsp3) is 0.750. The van der Waals surface area contributed by atoms with Gasteiger partial charge in [0.05, 0.1) is 0 Å². The SMILES string of the molecule is Cc1c(N)nc(C(C)(C)C)nc1NCC1(N(C)C)CCC1. The van der Waals surface area contributed by atoms with Gasteiger partial charge in [-0.1, -0.05) is 20.8 Å². The van der Waals surface area contributed by atoms with Crippen LogP contribution >= 0.6 is 0 Å². The Labute approximate surface area is 128 Å². The number of hydrogen-bond acceptors (Lipinski definition) is 5. The molecule has 118 valence electrons. The monoisotopic (exact) mass is 291 g/mol. The molecule has 0 unspecified atom stereocenters. The van der Waals surface area contributed by atoms with Crippen LogP contribution in [-0.4, -0.2) is 41.0 Å². The molecule has 21 heavy (non-hydrogen) atoms. The summed E-state index contributed by atoms with van der Waals surface area (Å²) in [6, 6.07) is 0. The van der Waals surface area contributed by atoms with Crippen molar-refractivity contribution >= 4 is 11.6 Å². The summed E-state index contributed by atoms with van der Waals surface area (Å²) >= 11 is 0. The van der Waals surface area contributed by atoms with E-state index >= 15 is 0 Å². The van der Waals surface area contributed by atoms with Gasteiger partial charge >= 0.3 is 0 Å². The van der Waals surface area contributed by atoms with Gasteiger partial charge in [-0.3, -0.25) is 0 Å². The van der Waals surface area contributed by atoms with Crippen LogP contribution in [0.25, 0.3) is 0 Å². The van der Waals surface area contributed by atoms with E-state index in [1.165, 1.54) is 19.3 Å². The first-order chi connectivity index (χ1) is 9.66. The van der Waals surface area contributed by atoms with Gasteiger partial charge in [-0.05, 0) is 40.3 Å². The Kier molecular flexibility index (Phi) is 4.15. The summed E-state index contributed by atoms with van der Waals surface area (Å²) in [5.41, 5.74) is 7.16. The maximum Gasteiger partial charge on any atom is 0.138 e. The van der Waals surface area contributed by atoms with E-state index in [1.54, 1.807) is 0 Å². The van der Waals surface area contributed by atoms with Crippen molar-refractivity contribution in [3.05, 3.63) is 11.4 Å². The number of likely N-dealkylation sites (N-methyl/N-ethyl adjacent to an activating group) is 1. The molecular weight excluding hydrogens is 262 g/mol. The maximum atomic E-state index is 6.06. The lowest BCUT2D eigenvalue weighted by atomic mass is 9.75. The van der Waals surface area contributed by atoms with E-state index in [2.05, 4.69) is 50.1 Å². The van der Waals surface area contributed by atoms with E-state index in [9.17, 15) is 0 Å². The minimum Gasteiger partial charge on any atom is -0.383 e. The highest BCUT2D eigenvalue weighted by Gasteiger charge is 2.39. The van der Waals surface area contributed by atoms with Crippen molar-refractivity contribution in [3.8, 4) is 0 Å². The second-order valence-electron chi connectivity index (χ2n) is 7.48. The second kappa shape index (κ2) is 5.44. The van der Waals surface area contributed by atoms with E-state index in [0.29, 0.717) is 5.82 Å². The van der Waals surface area contributed by atoms with Crippen LogP contribution in [0.2, 0.25) is 0 Å². The van der Waals surface area contributed by atoms with E-state index in [4.69, 9.17) is 10.7 Å². The van der Waals surface area contributed by atoms with E-state index in [0.717, 1.165) is 23.8 Å². The molecule has 1 aromatic rings. The van der Waals surface area contributed by atoms with Crippen LogP contribution in [0.5, 0.6) is 0 Å². The molecule has 0 saturated heterocycles. The minimum absolute atomic E-state index is 0.103. The molecule has 1 fully saturated rings. The number of hydrogen-bond donors (Lipinski definition) is 2. The largest absolute Gasteiger partial charge is 0.383 e. The van der Waals surface area contributed by atoms with Gasteiger partial charge in [0, 0.05) is 23.1 Å². The predicted molar refractivity (Wildman–Crippen MR) is 88.6 cm³/mol. The van der Waals surface area contributed by atoms with E-state index in [1.807, 2.05) is 6.92 Å². The highest BCUT2D eigenvalue weighted by atomic mass is 15.2. The van der Waals surface area contributed by atoms with Gasteiger partial charge in [-0.15, -0.1) is 0 Å². The molecule has 0 radical (unpaired) electrons. The molecule has 1 saturated carbocycles. The van der Waals surface area contributed by atoms with Gasteiger partial charge in [0.25, 0.3) is 0 Å². The Morgan fingerprint density at radius 2 is 1.86 bits per heavy atom. The Morgan fingerprint density at radius 3 is 2.29 bits per heavy atom. The summed E-state index contributed by atoms with van der Waals surface area (Å²) in [5, 5.41) is 3.52. The highest BCUT2D eigenvalue weighted by Crippen LogP contribution is 2.36. The fourth-order valence-electron chi connectivity index (χ4n) is 2.66. The predicted octanol–water partition coefficient (Wildman–Crippen LogP) is 2.56. The molecule has 0 atom stereocenters. The van der Waals surface area contributed by atoms with Crippen LogP contribution in [0.4, 0.5) is 11.6 Å². The summed E-state index contributed by atoms with van der Waals surface area (Å²) in [4.78, 5) is 11.5. The summed E-state index contributed by atoms with van der Waals surface area (Å²) in [6.07, 6.45) is 3.77. The number of nitrogen functional groups attached to an aromatic ring is 1. The molecule has 5 nitrogen and oxygen atoms in total. The lowest BCUT2D eigenvalue weighted by molar-refractivity contribution is 0.0738. The minimum atomic E-state index is -0.103. The van der Waals surface area contributed by atoms with Gasteiger partial charge in [0.15, 0.2) is 0 Å². The molecule has 3 N–H and O–H groups in total. The third-order valence-electron chi connectivity index (χ3n) is 4.67. The number of rotatable bonds is 4. The first-order valence-corrected chi connectivity index (χ1v) is 7.72. The molecule has 1 aromatic heterocycles. The summed E-state index contributed by atoms with van der Waals surface area (Å²) < 4.78 is 0. The second-order valence-corrected chi connectivity index (χ2v) is 7.48. The third-order valence-corrected chi connectivity index (χ3v) is 4.67. The van der Waals surface area contributed by atoms with Crippen LogP contribution < -0.4 is 11.1 Å². The molecule has 0 aromatic carbocycles. The zero-order chi connectivity index (χ0) is 15.8. The Morgan fingerprint density at radius 1 is 1.24 bits per heavy atom. The van der Waals surface area contributed by atoms with Crippen molar-refractivity contribution in [1.82, 2.24) is 14.9 Å². The molecule has 5 heteroatoms. The summed E-state index contributed by atoms with van der Waals surface area (Å²) in [5.74, 6) is 2.24. The Balaban J connectivity index is 2.22. The fourth-order valence-corrected chi connectivity index (χ4v) is 2.66. The van der Waals surface area contributed by atoms with Gasteiger partial charge in [0.2, 0.25) is 0 Å². The van der Waals surface area contributed by atoms with E-state index in [-0.39, 0.29) is 11.0 Å². The first kappa shape index (κ1) is 16.0. The number of aromatic nitrogens is 2. The van der Waals surface area contributed by atoms with Gasteiger partial charge in [0.1, 0.15) is 17.5 Å².